The average Bonchev–Trinajstić information content (AvgIpc) is 2.95. The molecule has 6 rings (SSSR count). The highest BCUT2D eigenvalue weighted by Crippen LogP contribution is 2.49. The van der Waals surface area contributed by atoms with Crippen LogP contribution >= 0.6 is 11.3 Å². The molecular formula is C19H22N2OS. The fraction of sp³-hybridized carbons (Fsp3) is 0.579. The summed E-state index contributed by atoms with van der Waals surface area (Å²) < 4.78 is 1.23. The van der Waals surface area contributed by atoms with Crippen LogP contribution in [0.1, 0.15) is 43.5 Å². The van der Waals surface area contributed by atoms with Crippen molar-refractivity contribution in [2.45, 2.75) is 57.0 Å². The topological polar surface area (TPSA) is 33.2 Å². The quantitative estimate of drug-likeness (QED) is 0.853. The third-order valence-corrected chi connectivity index (χ3v) is 7.15. The maximum Gasteiger partial charge on any atom is 0.223 e. The molecule has 3 nitrogen and oxygen atoms in total. The Morgan fingerprint density at radius 3 is 2.48 bits per heavy atom. The molecule has 1 amide bonds. The average molecular weight is 326 g/mol. The first kappa shape index (κ1) is 14.0. The molecule has 4 heteroatoms. The van der Waals surface area contributed by atoms with Gasteiger partial charge >= 0.3 is 0 Å². The van der Waals surface area contributed by atoms with Gasteiger partial charge in [0, 0.05) is 24.9 Å². The molecule has 0 unspecified atom stereocenters. The fourth-order valence-corrected chi connectivity index (χ4v) is 6.28. The lowest BCUT2D eigenvalue weighted by Crippen LogP contribution is -2.59. The molecule has 0 atom stereocenters. The number of hydrogen-bond donors (Lipinski definition) is 0. The summed E-state index contributed by atoms with van der Waals surface area (Å²) in [6, 6.07) is 9.34. The summed E-state index contributed by atoms with van der Waals surface area (Å²) >= 11 is 1.73. The molecule has 1 aromatic heterocycles. The van der Waals surface area contributed by atoms with E-state index in [9.17, 15) is 4.79 Å². The van der Waals surface area contributed by atoms with Crippen molar-refractivity contribution in [2.24, 2.45) is 11.8 Å². The van der Waals surface area contributed by atoms with E-state index in [2.05, 4.69) is 28.1 Å². The largest absolute Gasteiger partial charge is 0.337 e. The van der Waals surface area contributed by atoms with Crippen LogP contribution in [0.3, 0.4) is 0 Å². The first-order chi connectivity index (χ1) is 11.3. The van der Waals surface area contributed by atoms with E-state index in [0.29, 0.717) is 24.4 Å². The standard InChI is InChI=1S/C19H22N2OS/c22-19(6-5-18-20-16-3-1-2-4-17(16)23-18)21-14-8-12-7-13(10-14)11-15(21)9-12/h1-4,12-15H,5-11H2. The number of hydrogen-bond acceptors (Lipinski definition) is 3. The van der Waals surface area contributed by atoms with E-state index in [1.54, 1.807) is 11.3 Å². The van der Waals surface area contributed by atoms with Crippen molar-refractivity contribution in [2.75, 3.05) is 0 Å². The van der Waals surface area contributed by atoms with Gasteiger partial charge in [0.2, 0.25) is 5.91 Å². The number of thiazole rings is 1. The van der Waals surface area contributed by atoms with Crippen molar-refractivity contribution in [1.29, 1.82) is 0 Å². The van der Waals surface area contributed by atoms with E-state index < -0.39 is 0 Å². The number of carbonyl (C=O) groups excluding carboxylic acids is 1. The Kier molecular flexibility index (Phi) is 3.22. The third kappa shape index (κ3) is 2.38. The number of amides is 1. The van der Waals surface area contributed by atoms with E-state index in [1.807, 2.05) is 6.07 Å². The van der Waals surface area contributed by atoms with Crippen LogP contribution in [0.15, 0.2) is 24.3 Å². The lowest BCUT2D eigenvalue weighted by atomic mass is 9.63. The minimum Gasteiger partial charge on any atom is -0.337 e. The van der Waals surface area contributed by atoms with Crippen LogP contribution in [0.25, 0.3) is 10.2 Å². The van der Waals surface area contributed by atoms with Crippen LogP contribution in [0.2, 0.25) is 0 Å². The zero-order valence-corrected chi connectivity index (χ0v) is 14.1. The van der Waals surface area contributed by atoms with Crippen LogP contribution in [0.4, 0.5) is 0 Å². The molecule has 3 heterocycles. The minimum absolute atomic E-state index is 0.373. The van der Waals surface area contributed by atoms with Gasteiger partial charge in [-0.05, 0) is 56.1 Å². The van der Waals surface area contributed by atoms with Crippen LogP contribution in [0.5, 0.6) is 0 Å². The molecular weight excluding hydrogens is 304 g/mol. The lowest BCUT2D eigenvalue weighted by molar-refractivity contribution is -0.149. The van der Waals surface area contributed by atoms with Crippen LogP contribution in [-0.2, 0) is 11.2 Å². The molecule has 2 saturated heterocycles. The molecule has 4 bridgehead atoms. The number of carbonyl (C=O) groups is 1. The summed E-state index contributed by atoms with van der Waals surface area (Å²) in [6.45, 7) is 0. The van der Waals surface area contributed by atoms with Gasteiger partial charge in [-0.2, -0.15) is 0 Å². The van der Waals surface area contributed by atoms with Crippen molar-refractivity contribution in [3.8, 4) is 0 Å². The molecule has 0 N–H and O–H groups in total. The molecule has 2 aromatic rings. The van der Waals surface area contributed by atoms with Gasteiger partial charge in [-0.15, -0.1) is 11.3 Å². The molecule has 120 valence electrons. The first-order valence-electron chi connectivity index (χ1n) is 8.92. The lowest BCUT2D eigenvalue weighted by Gasteiger charge is -2.56. The predicted octanol–water partition coefficient (Wildman–Crippen LogP) is 4.02. The van der Waals surface area contributed by atoms with Crippen molar-refractivity contribution in [3.63, 3.8) is 0 Å². The number of piperidine rings is 2. The number of rotatable bonds is 3. The van der Waals surface area contributed by atoms with E-state index >= 15 is 0 Å². The maximum absolute atomic E-state index is 12.8. The Hall–Kier alpha value is -1.42. The van der Waals surface area contributed by atoms with Gasteiger partial charge in [0.15, 0.2) is 0 Å². The number of para-hydroxylation sites is 1. The second kappa shape index (κ2) is 5.30. The highest BCUT2D eigenvalue weighted by molar-refractivity contribution is 7.18. The van der Waals surface area contributed by atoms with Gasteiger partial charge in [-0.25, -0.2) is 4.98 Å². The van der Waals surface area contributed by atoms with Gasteiger partial charge in [0.05, 0.1) is 15.2 Å². The number of nitrogens with zero attached hydrogens (tertiary/aromatic N) is 2. The van der Waals surface area contributed by atoms with Crippen molar-refractivity contribution < 1.29 is 4.79 Å². The zero-order chi connectivity index (χ0) is 15.4. The molecule has 2 aliphatic heterocycles. The first-order valence-corrected chi connectivity index (χ1v) is 9.73. The Bertz CT molecular complexity index is 692. The van der Waals surface area contributed by atoms with Gasteiger partial charge in [0.25, 0.3) is 0 Å². The van der Waals surface area contributed by atoms with E-state index in [-0.39, 0.29) is 0 Å². The van der Waals surface area contributed by atoms with E-state index in [0.717, 1.165) is 28.8 Å². The molecule has 2 aliphatic carbocycles. The summed E-state index contributed by atoms with van der Waals surface area (Å²) in [5.74, 6) is 2.19. The Labute approximate surface area is 140 Å². The second-order valence-electron chi connectivity index (χ2n) is 7.59. The number of aromatic nitrogens is 1. The van der Waals surface area contributed by atoms with Gasteiger partial charge in [0.1, 0.15) is 0 Å². The highest BCUT2D eigenvalue weighted by atomic mass is 32.1. The molecule has 2 saturated carbocycles. The fourth-order valence-electron chi connectivity index (χ4n) is 5.31. The molecule has 0 spiro atoms. The Balaban J connectivity index is 1.28. The van der Waals surface area contributed by atoms with Crippen LogP contribution in [0, 0.1) is 11.8 Å². The highest BCUT2D eigenvalue weighted by Gasteiger charge is 2.48. The van der Waals surface area contributed by atoms with Crippen molar-refractivity contribution in [3.05, 3.63) is 29.3 Å². The number of benzene rings is 1. The number of fused-ring (bicyclic) bond motifs is 1. The van der Waals surface area contributed by atoms with E-state index in [1.165, 1.54) is 36.8 Å². The zero-order valence-electron chi connectivity index (χ0n) is 13.3. The van der Waals surface area contributed by atoms with Gasteiger partial charge in [-0.3, -0.25) is 4.79 Å². The summed E-state index contributed by atoms with van der Waals surface area (Å²) in [5.41, 5.74) is 1.06. The summed E-state index contributed by atoms with van der Waals surface area (Å²) in [6.07, 6.45) is 7.91. The third-order valence-electron chi connectivity index (χ3n) is 6.05. The predicted molar refractivity (Wildman–Crippen MR) is 92.4 cm³/mol. The van der Waals surface area contributed by atoms with Crippen molar-refractivity contribution >= 4 is 27.5 Å². The summed E-state index contributed by atoms with van der Waals surface area (Å²) in [4.78, 5) is 19.8. The molecule has 0 radical (unpaired) electrons. The Morgan fingerprint density at radius 2 is 1.78 bits per heavy atom. The molecule has 23 heavy (non-hydrogen) atoms. The Morgan fingerprint density at radius 1 is 1.09 bits per heavy atom. The normalized spacial score (nSPS) is 31.9. The second-order valence-corrected chi connectivity index (χ2v) is 8.71. The maximum atomic E-state index is 12.8. The molecule has 1 aromatic carbocycles. The van der Waals surface area contributed by atoms with Crippen molar-refractivity contribution in [1.82, 2.24) is 9.88 Å². The number of aryl methyl sites for hydroxylation is 1. The molecule has 4 aliphatic rings. The molecule has 4 fully saturated rings. The van der Waals surface area contributed by atoms with Gasteiger partial charge < -0.3 is 4.90 Å². The van der Waals surface area contributed by atoms with Crippen LogP contribution < -0.4 is 0 Å². The SMILES string of the molecule is O=C(CCc1nc2ccccc2s1)N1C2CC3CC(C2)CC1C3. The summed E-state index contributed by atoms with van der Waals surface area (Å²) in [7, 11) is 0. The van der Waals surface area contributed by atoms with Crippen LogP contribution in [-0.4, -0.2) is 27.9 Å². The monoisotopic (exact) mass is 326 g/mol. The van der Waals surface area contributed by atoms with Gasteiger partial charge in [-0.1, -0.05) is 12.1 Å². The summed E-state index contributed by atoms with van der Waals surface area (Å²) in [5, 5.41) is 1.10. The minimum atomic E-state index is 0.373. The smallest absolute Gasteiger partial charge is 0.223 e. The van der Waals surface area contributed by atoms with E-state index in [4.69, 9.17) is 0 Å².